The molecule has 0 saturated heterocycles. The summed E-state index contributed by atoms with van der Waals surface area (Å²) >= 11 is 0. The van der Waals surface area contributed by atoms with Crippen molar-refractivity contribution in [2.75, 3.05) is 13.2 Å². The van der Waals surface area contributed by atoms with E-state index in [0.29, 0.717) is 24.8 Å². The van der Waals surface area contributed by atoms with Crippen molar-refractivity contribution in [2.24, 2.45) is 5.92 Å². The van der Waals surface area contributed by atoms with Crippen LogP contribution in [0.2, 0.25) is 0 Å². The lowest BCUT2D eigenvalue weighted by molar-refractivity contribution is -0.198. The molecule has 38 heavy (non-hydrogen) atoms. The first-order chi connectivity index (χ1) is 17.9. The smallest absolute Gasteiger partial charge is 0.433 e. The molecule has 0 amide bonds. The van der Waals surface area contributed by atoms with Crippen molar-refractivity contribution in [1.82, 2.24) is 0 Å². The number of rotatable bonds is 11. The van der Waals surface area contributed by atoms with Gasteiger partial charge in [0.1, 0.15) is 17.1 Å². The Morgan fingerprint density at radius 1 is 0.763 bits per heavy atom. The predicted octanol–water partition coefficient (Wildman–Crippen LogP) is 9.04. The molecule has 0 bridgehead atoms. The summed E-state index contributed by atoms with van der Waals surface area (Å²) in [6.07, 6.45) is -3.88. The highest BCUT2D eigenvalue weighted by atomic mass is 19.4. The van der Waals surface area contributed by atoms with Gasteiger partial charge in [-0.05, 0) is 68.2 Å². The molecule has 212 valence electrons. The molecule has 2 aromatic rings. The number of hydrogen-bond acceptors (Lipinski definition) is 3. The number of ether oxygens (including phenoxy) is 3. The zero-order valence-electron chi connectivity index (χ0n) is 21.1. The van der Waals surface area contributed by atoms with Gasteiger partial charge in [0.05, 0.1) is 6.61 Å². The molecule has 1 fully saturated rings. The van der Waals surface area contributed by atoms with Crippen LogP contribution in [0, 0.1) is 23.4 Å². The largest absolute Gasteiger partial charge is 0.491 e. The summed E-state index contributed by atoms with van der Waals surface area (Å²) in [7, 11) is 0. The van der Waals surface area contributed by atoms with Crippen molar-refractivity contribution < 1.29 is 49.3 Å². The standard InChI is InChI=1S/C27H30F8O3/c1-3-5-6-16-7-9-17(10-8-16)18-11-12-19(22(23(18)28)27(33,34)35)37-15-26(31,32)38-21-14-13-20(36-4-2)24(29)25(21)30/h11-14,16-17H,3-10,15H2,1-2H3. The Morgan fingerprint density at radius 3 is 1.97 bits per heavy atom. The van der Waals surface area contributed by atoms with Gasteiger partial charge in [-0.15, -0.1) is 0 Å². The third-order valence-electron chi connectivity index (χ3n) is 6.64. The molecule has 0 heterocycles. The Morgan fingerprint density at radius 2 is 1.37 bits per heavy atom. The number of halogens is 8. The minimum atomic E-state index is -5.23. The fraction of sp³-hybridized carbons (Fsp3) is 0.556. The van der Waals surface area contributed by atoms with Crippen molar-refractivity contribution >= 4 is 0 Å². The van der Waals surface area contributed by atoms with Crippen LogP contribution in [0.1, 0.15) is 75.8 Å². The second-order valence-electron chi connectivity index (χ2n) is 9.35. The Kier molecular flexibility index (Phi) is 9.75. The highest BCUT2D eigenvalue weighted by molar-refractivity contribution is 5.42. The lowest BCUT2D eigenvalue weighted by Crippen LogP contribution is -2.33. The van der Waals surface area contributed by atoms with E-state index in [4.69, 9.17) is 4.74 Å². The molecule has 3 nitrogen and oxygen atoms in total. The van der Waals surface area contributed by atoms with Crippen LogP contribution in [-0.4, -0.2) is 19.3 Å². The minimum Gasteiger partial charge on any atom is -0.491 e. The summed E-state index contributed by atoms with van der Waals surface area (Å²) in [5, 5.41) is 0. The Balaban J connectivity index is 1.76. The van der Waals surface area contributed by atoms with Gasteiger partial charge in [-0.1, -0.05) is 32.3 Å². The number of hydrogen-bond donors (Lipinski definition) is 0. The van der Waals surface area contributed by atoms with Gasteiger partial charge in [0.2, 0.25) is 11.6 Å². The highest BCUT2D eigenvalue weighted by Gasteiger charge is 2.42. The van der Waals surface area contributed by atoms with Crippen LogP contribution in [0.15, 0.2) is 24.3 Å². The van der Waals surface area contributed by atoms with E-state index in [1.54, 1.807) is 0 Å². The van der Waals surface area contributed by atoms with E-state index in [0.717, 1.165) is 50.3 Å². The summed E-state index contributed by atoms with van der Waals surface area (Å²) in [5.74, 6) is -7.76. The van der Waals surface area contributed by atoms with E-state index in [1.165, 1.54) is 6.92 Å². The third-order valence-corrected chi connectivity index (χ3v) is 6.64. The molecular weight excluding hydrogens is 524 g/mol. The van der Waals surface area contributed by atoms with Crippen LogP contribution in [0.5, 0.6) is 17.2 Å². The van der Waals surface area contributed by atoms with Crippen LogP contribution in [0.3, 0.4) is 0 Å². The van der Waals surface area contributed by atoms with Gasteiger partial charge in [-0.25, -0.2) is 4.39 Å². The van der Waals surface area contributed by atoms with Gasteiger partial charge in [0, 0.05) is 0 Å². The first-order valence-corrected chi connectivity index (χ1v) is 12.6. The lowest BCUT2D eigenvalue weighted by atomic mass is 9.76. The Hall–Kier alpha value is -2.72. The maximum Gasteiger partial charge on any atom is 0.433 e. The van der Waals surface area contributed by atoms with Crippen LogP contribution in [0.25, 0.3) is 0 Å². The third kappa shape index (κ3) is 7.22. The van der Waals surface area contributed by atoms with E-state index in [1.807, 2.05) is 0 Å². The molecule has 0 radical (unpaired) electrons. The van der Waals surface area contributed by atoms with E-state index in [-0.39, 0.29) is 12.2 Å². The SMILES string of the molecule is CCCCC1CCC(c2ccc(OCC(F)(F)Oc3ccc(OCC)c(F)c3F)c(C(F)(F)F)c2F)CC1. The summed E-state index contributed by atoms with van der Waals surface area (Å²) in [5.41, 5.74) is -1.93. The first kappa shape index (κ1) is 29.8. The van der Waals surface area contributed by atoms with Gasteiger partial charge in [0.25, 0.3) is 0 Å². The second kappa shape index (κ2) is 12.4. The molecular formula is C27H30F8O3. The van der Waals surface area contributed by atoms with Crippen LogP contribution in [0.4, 0.5) is 35.1 Å². The maximum atomic E-state index is 15.2. The van der Waals surface area contributed by atoms with Gasteiger partial charge in [-0.3, -0.25) is 0 Å². The molecule has 0 N–H and O–H groups in total. The van der Waals surface area contributed by atoms with Gasteiger partial charge < -0.3 is 14.2 Å². The molecule has 0 aromatic heterocycles. The first-order valence-electron chi connectivity index (χ1n) is 12.6. The molecule has 2 aromatic carbocycles. The van der Waals surface area contributed by atoms with Gasteiger partial charge in [-0.2, -0.15) is 30.7 Å². The molecule has 0 atom stereocenters. The number of unbranched alkanes of at least 4 members (excludes halogenated alkanes) is 1. The average Bonchev–Trinajstić information content (AvgIpc) is 2.86. The van der Waals surface area contributed by atoms with Crippen molar-refractivity contribution in [2.45, 2.75) is 77.0 Å². The molecule has 1 aliphatic carbocycles. The zero-order valence-corrected chi connectivity index (χ0v) is 21.1. The molecule has 0 unspecified atom stereocenters. The van der Waals surface area contributed by atoms with E-state index >= 15 is 4.39 Å². The van der Waals surface area contributed by atoms with E-state index in [9.17, 15) is 30.7 Å². The molecule has 1 aliphatic rings. The molecule has 1 saturated carbocycles. The fourth-order valence-electron chi connectivity index (χ4n) is 4.74. The number of benzene rings is 2. The van der Waals surface area contributed by atoms with Crippen LogP contribution < -0.4 is 14.2 Å². The van der Waals surface area contributed by atoms with Gasteiger partial charge in [0.15, 0.2) is 18.1 Å². The molecule has 11 heteroatoms. The van der Waals surface area contributed by atoms with Crippen LogP contribution in [-0.2, 0) is 6.18 Å². The molecule has 0 aliphatic heterocycles. The lowest BCUT2D eigenvalue weighted by Gasteiger charge is -2.30. The summed E-state index contributed by atoms with van der Waals surface area (Å²) in [6, 6.07) is 3.47. The van der Waals surface area contributed by atoms with Crippen LogP contribution >= 0.6 is 0 Å². The highest BCUT2D eigenvalue weighted by Crippen LogP contribution is 2.45. The summed E-state index contributed by atoms with van der Waals surface area (Å²) < 4.78 is 127. The zero-order chi connectivity index (χ0) is 28.1. The van der Waals surface area contributed by atoms with E-state index < -0.39 is 65.1 Å². The predicted molar refractivity (Wildman–Crippen MR) is 124 cm³/mol. The van der Waals surface area contributed by atoms with Crippen molar-refractivity contribution in [3.8, 4) is 17.2 Å². The van der Waals surface area contributed by atoms with Crippen molar-refractivity contribution in [3.63, 3.8) is 0 Å². The Labute approximate surface area is 216 Å². The van der Waals surface area contributed by atoms with Gasteiger partial charge >= 0.3 is 12.3 Å². The van der Waals surface area contributed by atoms with E-state index in [2.05, 4.69) is 16.4 Å². The average molecular weight is 555 g/mol. The normalized spacial score (nSPS) is 18.4. The maximum absolute atomic E-state index is 15.2. The monoisotopic (exact) mass is 554 g/mol. The summed E-state index contributed by atoms with van der Waals surface area (Å²) in [4.78, 5) is 0. The fourth-order valence-corrected chi connectivity index (χ4v) is 4.74. The molecule has 3 rings (SSSR count). The minimum absolute atomic E-state index is 0.0162. The Bertz CT molecular complexity index is 1080. The van der Waals surface area contributed by atoms with Crippen molar-refractivity contribution in [3.05, 3.63) is 52.8 Å². The quantitative estimate of drug-likeness (QED) is 0.260. The number of alkyl halides is 5. The summed E-state index contributed by atoms with van der Waals surface area (Å²) in [6.45, 7) is 1.74. The topological polar surface area (TPSA) is 27.7 Å². The second-order valence-corrected chi connectivity index (χ2v) is 9.35. The van der Waals surface area contributed by atoms with Crippen molar-refractivity contribution in [1.29, 1.82) is 0 Å². The molecule has 0 spiro atoms.